The molecule has 7 nitrogen and oxygen atoms in total. The van der Waals surface area contributed by atoms with Crippen molar-refractivity contribution in [3.63, 3.8) is 0 Å². The fourth-order valence-corrected chi connectivity index (χ4v) is 2.82. The lowest BCUT2D eigenvalue weighted by Crippen LogP contribution is -2.52. The Bertz CT molecular complexity index is 1000. The number of benzene rings is 1. The minimum atomic E-state index is -1.13. The lowest BCUT2D eigenvalue weighted by atomic mass is 10.1. The number of hydrogen-bond donors (Lipinski definition) is 2. The molecule has 9 heteroatoms. The SMILES string of the molecule is C#CCN1C(=O)[C@@H](C)N(CC#C)c2nc(Nc3cc(F)c(O)c(F)c3)ncc21. The van der Waals surface area contributed by atoms with Crippen molar-refractivity contribution in [2.75, 3.05) is 28.2 Å². The first kappa shape index (κ1) is 18.9. The number of fused-ring (bicyclic) bond motifs is 1. The van der Waals surface area contributed by atoms with Gasteiger partial charge in [-0.15, -0.1) is 12.8 Å². The fraction of sp³-hybridized carbons (Fsp3) is 0.211. The molecule has 1 aliphatic heterocycles. The number of nitrogens with one attached hydrogen (secondary N) is 1. The molecule has 1 amide bonds. The van der Waals surface area contributed by atoms with Crippen molar-refractivity contribution in [2.24, 2.45) is 0 Å². The second-order valence-corrected chi connectivity index (χ2v) is 5.95. The monoisotopic (exact) mass is 383 g/mol. The van der Waals surface area contributed by atoms with E-state index in [1.54, 1.807) is 11.8 Å². The second kappa shape index (κ2) is 7.41. The number of hydrogen-bond acceptors (Lipinski definition) is 6. The molecule has 0 radical (unpaired) electrons. The minimum Gasteiger partial charge on any atom is -0.503 e. The maximum absolute atomic E-state index is 13.5. The zero-order valence-corrected chi connectivity index (χ0v) is 14.8. The Morgan fingerprint density at radius 3 is 2.50 bits per heavy atom. The molecule has 2 aromatic rings. The van der Waals surface area contributed by atoms with Gasteiger partial charge in [0.2, 0.25) is 11.9 Å². The molecule has 142 valence electrons. The van der Waals surface area contributed by atoms with E-state index in [1.807, 2.05) is 0 Å². The number of carbonyl (C=O) groups is 1. The standard InChI is InChI=1S/C19H15F2N5O2/c1-4-6-25-11(3)18(28)26(7-5-2)15-10-22-19(24-17(15)25)23-12-8-13(20)16(27)14(21)9-12/h1-2,8-11,27H,6-7H2,3H3,(H,22,23,24)/t11-/m1/s1. The Labute approximate surface area is 160 Å². The van der Waals surface area contributed by atoms with E-state index in [-0.39, 0.29) is 30.6 Å². The van der Waals surface area contributed by atoms with Gasteiger partial charge < -0.3 is 15.3 Å². The van der Waals surface area contributed by atoms with Crippen LogP contribution in [-0.2, 0) is 4.79 Å². The smallest absolute Gasteiger partial charge is 0.250 e. The van der Waals surface area contributed by atoms with Crippen molar-refractivity contribution in [3.8, 4) is 30.4 Å². The highest BCUT2D eigenvalue weighted by Gasteiger charge is 2.36. The molecule has 1 aromatic carbocycles. The van der Waals surface area contributed by atoms with Gasteiger partial charge in [-0.05, 0) is 6.92 Å². The van der Waals surface area contributed by atoms with E-state index >= 15 is 0 Å². The van der Waals surface area contributed by atoms with Gasteiger partial charge in [-0.3, -0.25) is 9.69 Å². The Hall–Kier alpha value is -3.85. The molecular formula is C19H15F2N5O2. The lowest BCUT2D eigenvalue weighted by Gasteiger charge is -2.38. The molecule has 0 saturated carbocycles. The quantitative estimate of drug-likeness (QED) is 0.621. The number of carbonyl (C=O) groups excluding carboxylic acids is 1. The number of amides is 1. The molecule has 0 bridgehead atoms. The maximum Gasteiger partial charge on any atom is 0.250 e. The molecule has 1 aliphatic rings. The Morgan fingerprint density at radius 1 is 1.25 bits per heavy atom. The zero-order chi connectivity index (χ0) is 20.4. The summed E-state index contributed by atoms with van der Waals surface area (Å²) in [5.74, 6) is 1.69. The summed E-state index contributed by atoms with van der Waals surface area (Å²) in [6, 6.07) is 1.19. The average molecular weight is 383 g/mol. The predicted molar refractivity (Wildman–Crippen MR) is 100 cm³/mol. The molecule has 0 saturated heterocycles. The largest absolute Gasteiger partial charge is 0.503 e. The molecule has 28 heavy (non-hydrogen) atoms. The van der Waals surface area contributed by atoms with Crippen LogP contribution in [0.4, 0.5) is 31.9 Å². The summed E-state index contributed by atoms with van der Waals surface area (Å²) in [6.45, 7) is 1.82. The van der Waals surface area contributed by atoms with E-state index in [1.165, 1.54) is 11.1 Å². The van der Waals surface area contributed by atoms with Crippen LogP contribution in [0.2, 0.25) is 0 Å². The number of halogens is 2. The van der Waals surface area contributed by atoms with Gasteiger partial charge >= 0.3 is 0 Å². The third-order valence-electron chi connectivity index (χ3n) is 4.19. The highest BCUT2D eigenvalue weighted by atomic mass is 19.1. The van der Waals surface area contributed by atoms with Crippen LogP contribution in [0.15, 0.2) is 18.3 Å². The van der Waals surface area contributed by atoms with Gasteiger partial charge in [0.1, 0.15) is 11.7 Å². The van der Waals surface area contributed by atoms with Crippen LogP contribution >= 0.6 is 0 Å². The molecule has 0 fully saturated rings. The van der Waals surface area contributed by atoms with Crippen LogP contribution in [-0.4, -0.2) is 40.1 Å². The number of phenolic OH excluding ortho intramolecular Hbond substituents is 1. The molecular weight excluding hydrogens is 368 g/mol. The molecule has 1 aromatic heterocycles. The number of anilines is 4. The lowest BCUT2D eigenvalue weighted by molar-refractivity contribution is -0.119. The number of rotatable bonds is 4. The van der Waals surface area contributed by atoms with Gasteiger partial charge in [-0.2, -0.15) is 4.98 Å². The number of aromatic hydroxyl groups is 1. The molecule has 3 rings (SSSR count). The molecule has 1 atom stereocenters. The second-order valence-electron chi connectivity index (χ2n) is 5.95. The first-order chi connectivity index (χ1) is 13.4. The Balaban J connectivity index is 2.03. The third-order valence-corrected chi connectivity index (χ3v) is 4.19. The van der Waals surface area contributed by atoms with Gasteiger partial charge in [0, 0.05) is 17.8 Å². The fourth-order valence-electron chi connectivity index (χ4n) is 2.82. The van der Waals surface area contributed by atoms with Crippen LogP contribution in [0.25, 0.3) is 0 Å². The molecule has 2 N–H and O–H groups in total. The first-order valence-corrected chi connectivity index (χ1v) is 8.14. The van der Waals surface area contributed by atoms with E-state index in [0.29, 0.717) is 11.5 Å². The van der Waals surface area contributed by atoms with Crippen LogP contribution in [0.5, 0.6) is 5.75 Å². The van der Waals surface area contributed by atoms with Crippen molar-refractivity contribution in [1.82, 2.24) is 9.97 Å². The van der Waals surface area contributed by atoms with Crippen LogP contribution in [0.3, 0.4) is 0 Å². The van der Waals surface area contributed by atoms with Crippen molar-refractivity contribution >= 4 is 29.0 Å². The summed E-state index contributed by atoms with van der Waals surface area (Å²) < 4.78 is 27.1. The molecule has 0 spiro atoms. The van der Waals surface area contributed by atoms with Gasteiger partial charge in [-0.1, -0.05) is 11.8 Å². The number of terminal acetylenes is 2. The average Bonchev–Trinajstić information content (AvgIpc) is 2.66. The summed E-state index contributed by atoms with van der Waals surface area (Å²) in [4.78, 5) is 24.0. The number of phenols is 1. The van der Waals surface area contributed by atoms with Crippen molar-refractivity contribution in [3.05, 3.63) is 30.0 Å². The van der Waals surface area contributed by atoms with Crippen molar-refractivity contribution < 1.29 is 18.7 Å². The van der Waals surface area contributed by atoms with Crippen molar-refractivity contribution in [1.29, 1.82) is 0 Å². The van der Waals surface area contributed by atoms with E-state index in [4.69, 9.17) is 12.8 Å². The molecule has 0 aliphatic carbocycles. The molecule has 2 heterocycles. The normalized spacial score (nSPS) is 15.6. The van der Waals surface area contributed by atoms with E-state index in [0.717, 1.165) is 12.1 Å². The number of nitrogens with zero attached hydrogens (tertiary/aromatic N) is 4. The summed E-state index contributed by atoms with van der Waals surface area (Å²) in [5, 5.41) is 11.9. The summed E-state index contributed by atoms with van der Waals surface area (Å²) in [5.41, 5.74) is 0.376. The van der Waals surface area contributed by atoms with Crippen LogP contribution in [0, 0.1) is 36.3 Å². The van der Waals surface area contributed by atoms with Gasteiger partial charge in [-0.25, -0.2) is 13.8 Å². The highest BCUT2D eigenvalue weighted by molar-refractivity contribution is 6.04. The van der Waals surface area contributed by atoms with Gasteiger partial charge in [0.15, 0.2) is 23.2 Å². The third kappa shape index (κ3) is 3.26. The van der Waals surface area contributed by atoms with E-state index in [9.17, 15) is 18.7 Å². The summed E-state index contributed by atoms with van der Waals surface area (Å²) >= 11 is 0. The van der Waals surface area contributed by atoms with Gasteiger partial charge in [0.05, 0.1) is 19.3 Å². The summed E-state index contributed by atoms with van der Waals surface area (Å²) in [6.07, 6.45) is 12.1. The minimum absolute atomic E-state index is 0.00309. The highest BCUT2D eigenvalue weighted by Crippen LogP contribution is 2.35. The van der Waals surface area contributed by atoms with Crippen LogP contribution < -0.4 is 15.1 Å². The Kier molecular flexibility index (Phi) is 5.01. The van der Waals surface area contributed by atoms with Crippen molar-refractivity contribution in [2.45, 2.75) is 13.0 Å². The maximum atomic E-state index is 13.5. The summed E-state index contributed by atoms with van der Waals surface area (Å²) in [7, 11) is 0. The zero-order valence-electron chi connectivity index (χ0n) is 14.8. The molecule has 0 unspecified atom stereocenters. The number of aromatic nitrogens is 2. The first-order valence-electron chi connectivity index (χ1n) is 8.14. The van der Waals surface area contributed by atoms with Gasteiger partial charge in [0.25, 0.3) is 0 Å². The topological polar surface area (TPSA) is 81.6 Å². The Morgan fingerprint density at radius 2 is 1.89 bits per heavy atom. The van der Waals surface area contributed by atoms with E-state index < -0.39 is 23.4 Å². The van der Waals surface area contributed by atoms with Crippen LogP contribution in [0.1, 0.15) is 6.92 Å². The van der Waals surface area contributed by atoms with E-state index in [2.05, 4.69) is 27.1 Å². The predicted octanol–water partition coefficient (Wildman–Crippen LogP) is 2.01.